The van der Waals surface area contributed by atoms with Gasteiger partial charge in [-0.15, -0.1) is 0 Å². The highest BCUT2D eigenvalue weighted by Crippen LogP contribution is 2.41. The third-order valence-corrected chi connectivity index (χ3v) is 5.77. The van der Waals surface area contributed by atoms with Crippen molar-refractivity contribution < 1.29 is 23.1 Å². The first-order chi connectivity index (χ1) is 16.3. The van der Waals surface area contributed by atoms with Gasteiger partial charge in [0.05, 0.1) is 12.4 Å². The molecule has 1 aliphatic rings. The Bertz CT molecular complexity index is 1150. The van der Waals surface area contributed by atoms with Gasteiger partial charge in [0.25, 0.3) is 11.8 Å². The number of alkyl halides is 2. The zero-order chi connectivity index (χ0) is 24.1. The third-order valence-electron chi connectivity index (χ3n) is 5.77. The van der Waals surface area contributed by atoms with Crippen LogP contribution in [-0.2, 0) is 17.9 Å². The first-order valence-corrected chi connectivity index (χ1v) is 10.8. The van der Waals surface area contributed by atoms with Gasteiger partial charge in [0.2, 0.25) is 0 Å². The second kappa shape index (κ2) is 9.90. The number of hydrogen-bond acceptors (Lipinski definition) is 5. The van der Waals surface area contributed by atoms with Gasteiger partial charge in [-0.3, -0.25) is 4.79 Å². The van der Waals surface area contributed by atoms with Crippen molar-refractivity contribution in [3.8, 4) is 0 Å². The summed E-state index contributed by atoms with van der Waals surface area (Å²) in [7, 11) is 0. The predicted molar refractivity (Wildman–Crippen MR) is 121 cm³/mol. The number of hydrogen-bond donors (Lipinski definition) is 3. The topological polar surface area (TPSA) is 113 Å². The predicted octanol–water partition coefficient (Wildman–Crippen LogP) is 4.23. The van der Waals surface area contributed by atoms with Crippen molar-refractivity contribution in [3.63, 3.8) is 0 Å². The van der Waals surface area contributed by atoms with Crippen molar-refractivity contribution in [1.82, 2.24) is 14.9 Å². The minimum Gasteiger partial charge on any atom is -0.445 e. The van der Waals surface area contributed by atoms with Crippen molar-refractivity contribution >= 4 is 17.8 Å². The molecule has 0 spiro atoms. The number of halogens is 2. The van der Waals surface area contributed by atoms with Crippen molar-refractivity contribution in [2.75, 3.05) is 11.9 Å². The molecule has 8 nitrogen and oxygen atoms in total. The van der Waals surface area contributed by atoms with Crippen LogP contribution in [-0.4, -0.2) is 39.3 Å². The molecule has 2 aromatic carbocycles. The summed E-state index contributed by atoms with van der Waals surface area (Å²) >= 11 is 0. The van der Waals surface area contributed by atoms with Crippen LogP contribution in [0.5, 0.6) is 0 Å². The molecule has 1 unspecified atom stereocenters. The maximum Gasteiger partial charge on any atom is 0.410 e. The lowest BCUT2D eigenvalue weighted by Crippen LogP contribution is -2.45. The number of aromatic nitrogens is 2. The number of ether oxygens (including phenoxy) is 1. The molecule has 0 bridgehead atoms. The highest BCUT2D eigenvalue weighted by molar-refractivity contribution is 5.95. The van der Waals surface area contributed by atoms with Crippen LogP contribution in [0.2, 0.25) is 0 Å². The molecule has 4 N–H and O–H groups in total. The van der Waals surface area contributed by atoms with Crippen LogP contribution in [0.3, 0.4) is 0 Å². The van der Waals surface area contributed by atoms with Gasteiger partial charge in [-0.1, -0.05) is 54.6 Å². The Morgan fingerprint density at radius 2 is 1.91 bits per heavy atom. The standard InChI is InChI=1S/C24H25F2N5O3/c25-24(26)10-11-31(23(33)34-14-16-6-2-1-3-7-16)19(12-24)18-9-5-4-8-17(18)13-28-22-20(21(27)32)29-15-30-22/h1-9,15,19,28H,10-14H2,(H2,27,32)(H,29,30). The Balaban J connectivity index is 1.55. The molecule has 10 heteroatoms. The summed E-state index contributed by atoms with van der Waals surface area (Å²) in [6.45, 7) is 0.117. The van der Waals surface area contributed by atoms with Crippen LogP contribution in [0, 0.1) is 0 Å². The second-order valence-corrected chi connectivity index (χ2v) is 8.10. The molecule has 1 aliphatic heterocycles. The molecule has 1 aromatic heterocycles. The Morgan fingerprint density at radius 1 is 1.18 bits per heavy atom. The summed E-state index contributed by atoms with van der Waals surface area (Å²) in [5, 5.41) is 3.02. The Morgan fingerprint density at radius 3 is 2.68 bits per heavy atom. The largest absolute Gasteiger partial charge is 0.445 e. The van der Waals surface area contributed by atoms with Crippen molar-refractivity contribution in [2.45, 2.75) is 38.0 Å². The minimum absolute atomic E-state index is 0.0531. The van der Waals surface area contributed by atoms with Gasteiger partial charge in [0.1, 0.15) is 12.3 Å². The fourth-order valence-electron chi connectivity index (χ4n) is 4.05. The summed E-state index contributed by atoms with van der Waals surface area (Å²) in [6.07, 6.45) is -0.255. The summed E-state index contributed by atoms with van der Waals surface area (Å²) in [4.78, 5) is 32.5. The number of primary amides is 1. The van der Waals surface area contributed by atoms with Crippen LogP contribution < -0.4 is 11.1 Å². The van der Waals surface area contributed by atoms with E-state index in [1.165, 1.54) is 11.2 Å². The first kappa shape index (κ1) is 23.2. The fraction of sp³-hybridized carbons (Fsp3) is 0.292. The van der Waals surface area contributed by atoms with Gasteiger partial charge in [0, 0.05) is 25.9 Å². The van der Waals surface area contributed by atoms with Crippen LogP contribution >= 0.6 is 0 Å². The average Bonchev–Trinajstić information content (AvgIpc) is 3.31. The van der Waals surface area contributed by atoms with Crippen LogP contribution in [0.25, 0.3) is 0 Å². The van der Waals surface area contributed by atoms with Gasteiger partial charge in [0.15, 0.2) is 5.82 Å². The number of nitrogens with two attached hydrogens (primary N) is 1. The number of amides is 2. The SMILES string of the molecule is NC(=O)c1[nH]cnc1NCc1ccccc1C1CC(F)(F)CCN1C(=O)OCc1ccccc1. The molecule has 0 saturated carbocycles. The molecule has 2 heterocycles. The monoisotopic (exact) mass is 469 g/mol. The molecule has 1 saturated heterocycles. The lowest BCUT2D eigenvalue weighted by atomic mass is 9.90. The molecular formula is C24H25F2N5O3. The Labute approximate surface area is 195 Å². The molecule has 34 heavy (non-hydrogen) atoms. The Kier molecular flexibility index (Phi) is 6.76. The number of benzene rings is 2. The van der Waals surface area contributed by atoms with E-state index in [2.05, 4.69) is 15.3 Å². The van der Waals surface area contributed by atoms with E-state index < -0.39 is 36.8 Å². The van der Waals surface area contributed by atoms with Gasteiger partial charge >= 0.3 is 6.09 Å². The van der Waals surface area contributed by atoms with Crippen molar-refractivity contribution in [2.24, 2.45) is 5.73 Å². The third kappa shape index (κ3) is 5.33. The number of carbonyl (C=O) groups excluding carboxylic acids is 2. The number of carbonyl (C=O) groups is 2. The molecule has 0 aliphatic carbocycles. The zero-order valence-corrected chi connectivity index (χ0v) is 18.3. The van der Waals surface area contributed by atoms with E-state index in [4.69, 9.17) is 10.5 Å². The summed E-state index contributed by atoms with van der Waals surface area (Å²) in [5.41, 5.74) is 7.52. The van der Waals surface area contributed by atoms with E-state index in [9.17, 15) is 18.4 Å². The number of nitrogens with one attached hydrogen (secondary N) is 2. The molecule has 178 valence electrons. The van der Waals surface area contributed by atoms with E-state index in [-0.39, 0.29) is 31.2 Å². The van der Waals surface area contributed by atoms with E-state index >= 15 is 0 Å². The number of aromatic amines is 1. The molecule has 3 aromatic rings. The van der Waals surface area contributed by atoms with Gasteiger partial charge in [-0.25, -0.2) is 18.6 Å². The first-order valence-electron chi connectivity index (χ1n) is 10.8. The summed E-state index contributed by atoms with van der Waals surface area (Å²) < 4.78 is 34.4. The highest BCUT2D eigenvalue weighted by atomic mass is 19.3. The number of H-pyrrole nitrogens is 1. The zero-order valence-electron chi connectivity index (χ0n) is 18.3. The normalized spacial score (nSPS) is 17.2. The smallest absolute Gasteiger partial charge is 0.410 e. The van der Waals surface area contributed by atoms with Gasteiger partial charge in [-0.05, 0) is 16.7 Å². The molecular weight excluding hydrogens is 444 g/mol. The molecule has 4 rings (SSSR count). The number of anilines is 1. The molecule has 1 fully saturated rings. The lowest BCUT2D eigenvalue weighted by molar-refractivity contribution is -0.0754. The molecule has 1 atom stereocenters. The van der Waals surface area contributed by atoms with Crippen LogP contribution in [0.4, 0.5) is 19.4 Å². The van der Waals surface area contributed by atoms with E-state index in [1.807, 2.05) is 30.3 Å². The van der Waals surface area contributed by atoms with Gasteiger partial charge < -0.3 is 25.7 Å². The van der Waals surface area contributed by atoms with E-state index in [1.54, 1.807) is 24.3 Å². The van der Waals surface area contributed by atoms with E-state index in [0.717, 1.165) is 5.56 Å². The molecule has 0 radical (unpaired) electrons. The summed E-state index contributed by atoms with van der Waals surface area (Å²) in [6, 6.07) is 15.3. The minimum atomic E-state index is -2.91. The highest BCUT2D eigenvalue weighted by Gasteiger charge is 2.43. The van der Waals surface area contributed by atoms with Crippen molar-refractivity contribution in [3.05, 3.63) is 83.3 Å². The van der Waals surface area contributed by atoms with Gasteiger partial charge in [-0.2, -0.15) is 0 Å². The number of rotatable bonds is 7. The van der Waals surface area contributed by atoms with Crippen molar-refractivity contribution in [1.29, 1.82) is 0 Å². The Hall–Kier alpha value is -3.95. The number of likely N-dealkylation sites (tertiary alicyclic amines) is 1. The summed E-state index contributed by atoms with van der Waals surface area (Å²) in [5.74, 6) is -3.33. The number of piperidine rings is 1. The molecule has 2 amide bonds. The maximum atomic E-state index is 14.5. The maximum absolute atomic E-state index is 14.5. The quantitative estimate of drug-likeness (QED) is 0.479. The van der Waals surface area contributed by atoms with E-state index in [0.29, 0.717) is 11.1 Å². The number of imidazole rings is 1. The van der Waals surface area contributed by atoms with Crippen LogP contribution in [0.1, 0.15) is 46.1 Å². The average molecular weight is 469 g/mol. The number of nitrogens with zero attached hydrogens (tertiary/aromatic N) is 2. The van der Waals surface area contributed by atoms with Crippen LogP contribution in [0.15, 0.2) is 60.9 Å². The lowest BCUT2D eigenvalue weighted by Gasteiger charge is -2.39. The fourth-order valence-corrected chi connectivity index (χ4v) is 4.05. The second-order valence-electron chi connectivity index (χ2n) is 8.10.